The van der Waals surface area contributed by atoms with E-state index < -0.39 is 0 Å². The molecule has 0 radical (unpaired) electrons. The van der Waals surface area contributed by atoms with Gasteiger partial charge in [0.15, 0.2) is 0 Å². The Balaban J connectivity index is 2.02. The first-order valence-electron chi connectivity index (χ1n) is 7.32. The van der Waals surface area contributed by atoms with Crippen molar-refractivity contribution in [2.24, 2.45) is 18.8 Å². The Morgan fingerprint density at radius 1 is 1.47 bits per heavy atom. The molecule has 0 spiro atoms. The number of hydrazine groups is 1. The molecule has 4 nitrogen and oxygen atoms in total. The van der Waals surface area contributed by atoms with Gasteiger partial charge in [-0.25, -0.2) is 0 Å². The molecule has 1 aromatic rings. The minimum Gasteiger partial charge on any atom is -0.271 e. The number of aryl methyl sites for hydroxylation is 2. The molecular weight excluding hydrogens is 260 g/mol. The second-order valence-electron chi connectivity index (χ2n) is 5.64. The lowest BCUT2D eigenvalue weighted by Crippen LogP contribution is -2.38. The molecule has 1 saturated carbocycles. The first-order valence-corrected chi connectivity index (χ1v) is 7.69. The smallest absolute Gasteiger partial charge is 0.0850 e. The van der Waals surface area contributed by atoms with Crippen molar-refractivity contribution in [1.29, 1.82) is 0 Å². The first kappa shape index (κ1) is 14.8. The second-order valence-corrected chi connectivity index (χ2v) is 6.02. The highest BCUT2D eigenvalue weighted by Gasteiger charge is 2.22. The lowest BCUT2D eigenvalue weighted by molar-refractivity contribution is 0.384. The summed E-state index contributed by atoms with van der Waals surface area (Å²) in [7, 11) is 1.96. The topological polar surface area (TPSA) is 55.9 Å². The van der Waals surface area contributed by atoms with Gasteiger partial charge < -0.3 is 0 Å². The van der Waals surface area contributed by atoms with Crippen molar-refractivity contribution in [3.05, 3.63) is 16.4 Å². The van der Waals surface area contributed by atoms with Gasteiger partial charge in [0.2, 0.25) is 0 Å². The molecule has 1 heterocycles. The predicted molar refractivity (Wildman–Crippen MR) is 79.0 cm³/mol. The molecule has 3 N–H and O–H groups in total. The molecule has 0 bridgehead atoms. The third kappa shape index (κ3) is 3.50. The van der Waals surface area contributed by atoms with E-state index in [0.717, 1.165) is 41.6 Å². The van der Waals surface area contributed by atoms with Crippen LogP contribution in [0.3, 0.4) is 0 Å². The average Bonchev–Trinajstić information content (AvgIpc) is 3.00. The molecule has 1 aromatic heterocycles. The van der Waals surface area contributed by atoms with Gasteiger partial charge >= 0.3 is 0 Å². The largest absolute Gasteiger partial charge is 0.271 e. The standard InChI is InChI=1S/C14H25ClN4/c1-3-12-14(15)13(19(2)18-12)9-11(17-16)8-10-6-4-5-7-10/h10-11,17H,3-9,16H2,1-2H3. The van der Waals surface area contributed by atoms with Gasteiger partial charge in [0.1, 0.15) is 0 Å². The number of aromatic nitrogens is 2. The second kappa shape index (κ2) is 6.73. The quantitative estimate of drug-likeness (QED) is 0.624. The van der Waals surface area contributed by atoms with Crippen LogP contribution in [-0.2, 0) is 19.9 Å². The Morgan fingerprint density at radius 3 is 2.68 bits per heavy atom. The zero-order valence-electron chi connectivity index (χ0n) is 12.0. The molecule has 1 unspecified atom stereocenters. The number of hydrogen-bond acceptors (Lipinski definition) is 3. The molecule has 1 fully saturated rings. The van der Waals surface area contributed by atoms with E-state index in [1.54, 1.807) is 0 Å². The van der Waals surface area contributed by atoms with Crippen molar-refractivity contribution in [2.75, 3.05) is 0 Å². The molecule has 5 heteroatoms. The van der Waals surface area contributed by atoms with E-state index in [2.05, 4.69) is 17.4 Å². The molecule has 19 heavy (non-hydrogen) atoms. The minimum atomic E-state index is 0.292. The number of hydrogen-bond donors (Lipinski definition) is 2. The monoisotopic (exact) mass is 284 g/mol. The van der Waals surface area contributed by atoms with Gasteiger partial charge in [0, 0.05) is 19.5 Å². The van der Waals surface area contributed by atoms with Crippen LogP contribution in [0.1, 0.15) is 50.4 Å². The van der Waals surface area contributed by atoms with Gasteiger partial charge in [0.25, 0.3) is 0 Å². The fraction of sp³-hybridized carbons (Fsp3) is 0.786. The maximum atomic E-state index is 6.40. The molecule has 0 amide bonds. The van der Waals surface area contributed by atoms with E-state index in [0.29, 0.717) is 6.04 Å². The summed E-state index contributed by atoms with van der Waals surface area (Å²) < 4.78 is 1.90. The fourth-order valence-electron chi connectivity index (χ4n) is 3.13. The Kier molecular flexibility index (Phi) is 5.25. The molecule has 0 aliphatic heterocycles. The van der Waals surface area contributed by atoms with Crippen LogP contribution in [0.5, 0.6) is 0 Å². The summed E-state index contributed by atoms with van der Waals surface area (Å²) in [6.07, 6.45) is 8.29. The first-order chi connectivity index (χ1) is 9.15. The van der Waals surface area contributed by atoms with E-state index in [1.807, 2.05) is 11.7 Å². The molecular formula is C14H25ClN4. The Morgan fingerprint density at radius 2 is 2.16 bits per heavy atom. The molecule has 2 rings (SSSR count). The predicted octanol–water partition coefficient (Wildman–Crippen LogP) is 2.59. The highest BCUT2D eigenvalue weighted by atomic mass is 35.5. The van der Waals surface area contributed by atoms with Crippen molar-refractivity contribution < 1.29 is 0 Å². The van der Waals surface area contributed by atoms with Crippen molar-refractivity contribution in [1.82, 2.24) is 15.2 Å². The number of nitrogens with zero attached hydrogens (tertiary/aromatic N) is 2. The fourth-order valence-corrected chi connectivity index (χ4v) is 3.50. The van der Waals surface area contributed by atoms with Gasteiger partial charge in [-0.05, 0) is 18.8 Å². The SMILES string of the molecule is CCc1nn(C)c(CC(CC2CCCC2)NN)c1Cl. The van der Waals surface area contributed by atoms with Crippen LogP contribution < -0.4 is 11.3 Å². The van der Waals surface area contributed by atoms with Crippen LogP contribution in [0, 0.1) is 5.92 Å². The molecule has 1 atom stereocenters. The molecule has 0 saturated heterocycles. The van der Waals surface area contributed by atoms with Crippen molar-refractivity contribution in [3.8, 4) is 0 Å². The average molecular weight is 285 g/mol. The van der Waals surface area contributed by atoms with Gasteiger partial charge in [-0.2, -0.15) is 5.10 Å². The Bertz CT molecular complexity index is 410. The zero-order valence-corrected chi connectivity index (χ0v) is 12.7. The van der Waals surface area contributed by atoms with Crippen LogP contribution in [0.4, 0.5) is 0 Å². The van der Waals surface area contributed by atoms with E-state index in [9.17, 15) is 0 Å². The normalized spacial score (nSPS) is 18.1. The Labute approximate surface area is 120 Å². The van der Waals surface area contributed by atoms with E-state index in [4.69, 9.17) is 17.4 Å². The highest BCUT2D eigenvalue weighted by molar-refractivity contribution is 6.31. The van der Waals surface area contributed by atoms with Crippen LogP contribution in [0.15, 0.2) is 0 Å². The van der Waals surface area contributed by atoms with Crippen molar-refractivity contribution in [2.45, 2.75) is 57.9 Å². The van der Waals surface area contributed by atoms with E-state index >= 15 is 0 Å². The zero-order chi connectivity index (χ0) is 13.8. The maximum Gasteiger partial charge on any atom is 0.0850 e. The maximum absolute atomic E-state index is 6.40. The molecule has 108 valence electrons. The van der Waals surface area contributed by atoms with Crippen molar-refractivity contribution in [3.63, 3.8) is 0 Å². The van der Waals surface area contributed by atoms with E-state index in [-0.39, 0.29) is 0 Å². The van der Waals surface area contributed by atoms with Crippen LogP contribution in [0.25, 0.3) is 0 Å². The lowest BCUT2D eigenvalue weighted by atomic mass is 9.96. The number of nitrogens with two attached hydrogens (primary N) is 1. The van der Waals surface area contributed by atoms with Crippen LogP contribution in [-0.4, -0.2) is 15.8 Å². The van der Waals surface area contributed by atoms with Gasteiger partial charge in [0.05, 0.1) is 16.4 Å². The van der Waals surface area contributed by atoms with Crippen LogP contribution >= 0.6 is 11.6 Å². The summed E-state index contributed by atoms with van der Waals surface area (Å²) in [5.41, 5.74) is 5.04. The van der Waals surface area contributed by atoms with Crippen LogP contribution in [0.2, 0.25) is 5.02 Å². The summed E-state index contributed by atoms with van der Waals surface area (Å²) in [5, 5.41) is 5.28. The minimum absolute atomic E-state index is 0.292. The van der Waals surface area contributed by atoms with Crippen molar-refractivity contribution >= 4 is 11.6 Å². The third-order valence-electron chi connectivity index (χ3n) is 4.27. The lowest BCUT2D eigenvalue weighted by Gasteiger charge is -2.20. The molecule has 0 aromatic carbocycles. The summed E-state index contributed by atoms with van der Waals surface area (Å²) in [5.74, 6) is 6.53. The van der Waals surface area contributed by atoms with E-state index in [1.165, 1.54) is 25.7 Å². The van der Waals surface area contributed by atoms with Gasteiger partial charge in [-0.1, -0.05) is 44.2 Å². The number of nitrogens with one attached hydrogen (secondary N) is 1. The summed E-state index contributed by atoms with van der Waals surface area (Å²) in [6, 6.07) is 0.292. The highest BCUT2D eigenvalue weighted by Crippen LogP contribution is 2.30. The van der Waals surface area contributed by atoms with Gasteiger partial charge in [-0.3, -0.25) is 16.0 Å². The molecule has 1 aliphatic carbocycles. The third-order valence-corrected chi connectivity index (χ3v) is 4.71. The summed E-state index contributed by atoms with van der Waals surface area (Å²) >= 11 is 6.40. The number of rotatable bonds is 6. The molecule has 1 aliphatic rings. The van der Waals surface area contributed by atoms with Gasteiger partial charge in [-0.15, -0.1) is 0 Å². The summed E-state index contributed by atoms with van der Waals surface area (Å²) in [4.78, 5) is 0. The summed E-state index contributed by atoms with van der Waals surface area (Å²) in [6.45, 7) is 2.08. The number of halogens is 1. The Hall–Kier alpha value is -0.580.